The van der Waals surface area contributed by atoms with Crippen molar-refractivity contribution in [2.75, 3.05) is 26.2 Å². The molecule has 4 heteroatoms. The number of hydrogen-bond acceptors (Lipinski definition) is 3. The number of rotatable bonds is 2. The standard InChI is InChI=1S/C12H17BrN2S/c13-11-3-7-16-12(11)9-14-5-6-15-4-1-2-10(15)8-14/h3,7,10H,1-2,4-6,8-9H2. The summed E-state index contributed by atoms with van der Waals surface area (Å²) in [4.78, 5) is 6.76. The molecule has 1 unspecified atom stereocenters. The van der Waals surface area contributed by atoms with Crippen LogP contribution >= 0.6 is 27.3 Å². The zero-order chi connectivity index (χ0) is 11.0. The zero-order valence-electron chi connectivity index (χ0n) is 9.36. The van der Waals surface area contributed by atoms with Crippen LogP contribution < -0.4 is 0 Å². The van der Waals surface area contributed by atoms with Gasteiger partial charge in [0.15, 0.2) is 0 Å². The number of piperazine rings is 1. The van der Waals surface area contributed by atoms with Gasteiger partial charge in [-0.1, -0.05) is 0 Å². The lowest BCUT2D eigenvalue weighted by atomic mass is 10.1. The molecule has 2 fully saturated rings. The van der Waals surface area contributed by atoms with E-state index in [0.717, 1.165) is 12.6 Å². The van der Waals surface area contributed by atoms with Gasteiger partial charge in [0.2, 0.25) is 0 Å². The Morgan fingerprint density at radius 3 is 3.12 bits per heavy atom. The molecule has 88 valence electrons. The summed E-state index contributed by atoms with van der Waals surface area (Å²) < 4.78 is 1.28. The summed E-state index contributed by atoms with van der Waals surface area (Å²) in [7, 11) is 0. The fraction of sp³-hybridized carbons (Fsp3) is 0.667. The summed E-state index contributed by atoms with van der Waals surface area (Å²) in [6.45, 7) is 6.24. The summed E-state index contributed by atoms with van der Waals surface area (Å²) in [6.07, 6.45) is 2.81. The van der Waals surface area contributed by atoms with Crippen molar-refractivity contribution in [3.05, 3.63) is 20.8 Å². The molecule has 0 spiro atoms. The minimum absolute atomic E-state index is 0.840. The smallest absolute Gasteiger partial charge is 0.0340 e. The minimum atomic E-state index is 0.840. The normalized spacial score (nSPS) is 27.2. The predicted octanol–water partition coefficient (Wildman–Crippen LogP) is 2.79. The van der Waals surface area contributed by atoms with Crippen LogP contribution in [0.4, 0.5) is 0 Å². The Morgan fingerprint density at radius 1 is 1.38 bits per heavy atom. The van der Waals surface area contributed by atoms with E-state index < -0.39 is 0 Å². The molecule has 0 amide bonds. The minimum Gasteiger partial charge on any atom is -0.298 e. The maximum atomic E-state index is 3.62. The van der Waals surface area contributed by atoms with E-state index in [0.29, 0.717) is 0 Å². The van der Waals surface area contributed by atoms with Gasteiger partial charge >= 0.3 is 0 Å². The van der Waals surface area contributed by atoms with Crippen LogP contribution in [-0.2, 0) is 6.54 Å². The maximum Gasteiger partial charge on any atom is 0.0340 e. The van der Waals surface area contributed by atoms with Crippen LogP contribution in [0.15, 0.2) is 15.9 Å². The van der Waals surface area contributed by atoms with Crippen LogP contribution in [0.5, 0.6) is 0 Å². The van der Waals surface area contributed by atoms with E-state index >= 15 is 0 Å². The van der Waals surface area contributed by atoms with Crippen molar-refractivity contribution in [3.8, 4) is 0 Å². The van der Waals surface area contributed by atoms with Crippen LogP contribution in [0.25, 0.3) is 0 Å². The van der Waals surface area contributed by atoms with Gasteiger partial charge in [0, 0.05) is 41.6 Å². The highest BCUT2D eigenvalue weighted by atomic mass is 79.9. The van der Waals surface area contributed by atoms with Gasteiger partial charge in [0.25, 0.3) is 0 Å². The summed E-state index contributed by atoms with van der Waals surface area (Å²) in [5.41, 5.74) is 0. The maximum absolute atomic E-state index is 3.62. The van der Waals surface area contributed by atoms with Crippen LogP contribution in [0.1, 0.15) is 17.7 Å². The van der Waals surface area contributed by atoms with E-state index in [9.17, 15) is 0 Å². The fourth-order valence-corrected chi connectivity index (χ4v) is 4.36. The predicted molar refractivity (Wildman–Crippen MR) is 71.9 cm³/mol. The molecular formula is C12H17BrN2S. The Morgan fingerprint density at radius 2 is 2.31 bits per heavy atom. The SMILES string of the molecule is Brc1ccsc1CN1CCN2CCCC2C1. The highest BCUT2D eigenvalue weighted by Crippen LogP contribution is 2.27. The molecule has 16 heavy (non-hydrogen) atoms. The van der Waals surface area contributed by atoms with Gasteiger partial charge in [-0.2, -0.15) is 0 Å². The highest BCUT2D eigenvalue weighted by molar-refractivity contribution is 9.10. The first-order chi connectivity index (χ1) is 7.83. The van der Waals surface area contributed by atoms with Crippen molar-refractivity contribution in [2.45, 2.75) is 25.4 Å². The third-order valence-electron chi connectivity index (χ3n) is 3.73. The van der Waals surface area contributed by atoms with Gasteiger partial charge in [-0.15, -0.1) is 11.3 Å². The largest absolute Gasteiger partial charge is 0.298 e. The van der Waals surface area contributed by atoms with E-state index in [-0.39, 0.29) is 0 Å². The van der Waals surface area contributed by atoms with Gasteiger partial charge in [0.1, 0.15) is 0 Å². The number of fused-ring (bicyclic) bond motifs is 1. The molecule has 0 aromatic carbocycles. The van der Waals surface area contributed by atoms with Crippen LogP contribution in [0.3, 0.4) is 0 Å². The molecular weight excluding hydrogens is 284 g/mol. The lowest BCUT2D eigenvalue weighted by molar-refractivity contribution is 0.1000. The van der Waals surface area contributed by atoms with Crippen molar-refractivity contribution in [2.24, 2.45) is 0 Å². The Bertz CT molecular complexity index is 366. The Balaban J connectivity index is 1.62. The number of nitrogens with zero attached hydrogens (tertiary/aromatic N) is 2. The first-order valence-electron chi connectivity index (χ1n) is 6.01. The van der Waals surface area contributed by atoms with Crippen LogP contribution in [0.2, 0.25) is 0 Å². The van der Waals surface area contributed by atoms with E-state index in [1.807, 2.05) is 11.3 Å². The zero-order valence-corrected chi connectivity index (χ0v) is 11.8. The molecule has 1 aromatic heterocycles. The molecule has 2 aliphatic heterocycles. The molecule has 3 heterocycles. The molecule has 2 aliphatic rings. The van der Waals surface area contributed by atoms with E-state index in [4.69, 9.17) is 0 Å². The van der Waals surface area contributed by atoms with Gasteiger partial charge in [-0.25, -0.2) is 0 Å². The number of halogens is 1. The van der Waals surface area contributed by atoms with E-state index in [1.165, 1.54) is 48.4 Å². The third-order valence-corrected chi connectivity index (χ3v) is 5.64. The van der Waals surface area contributed by atoms with Crippen molar-refractivity contribution in [1.82, 2.24) is 9.80 Å². The van der Waals surface area contributed by atoms with Crippen molar-refractivity contribution >= 4 is 27.3 Å². The van der Waals surface area contributed by atoms with Gasteiger partial charge in [0.05, 0.1) is 0 Å². The second-order valence-corrected chi connectivity index (χ2v) is 6.61. The molecule has 0 aliphatic carbocycles. The molecule has 0 saturated carbocycles. The molecule has 0 bridgehead atoms. The van der Waals surface area contributed by atoms with Crippen molar-refractivity contribution in [3.63, 3.8) is 0 Å². The molecule has 1 aromatic rings. The van der Waals surface area contributed by atoms with Gasteiger partial charge < -0.3 is 0 Å². The average molecular weight is 301 g/mol. The van der Waals surface area contributed by atoms with Crippen LogP contribution in [0, 0.1) is 0 Å². The topological polar surface area (TPSA) is 6.48 Å². The summed E-state index contributed by atoms with van der Waals surface area (Å²) in [6, 6.07) is 3.00. The summed E-state index contributed by atoms with van der Waals surface area (Å²) in [5.74, 6) is 0. The Kier molecular flexibility index (Phi) is 3.34. The van der Waals surface area contributed by atoms with Crippen molar-refractivity contribution in [1.29, 1.82) is 0 Å². The molecule has 0 radical (unpaired) electrons. The quantitative estimate of drug-likeness (QED) is 0.829. The molecule has 2 nitrogen and oxygen atoms in total. The molecule has 1 atom stereocenters. The molecule has 2 saturated heterocycles. The first-order valence-corrected chi connectivity index (χ1v) is 7.68. The number of thiophene rings is 1. The van der Waals surface area contributed by atoms with E-state index in [1.54, 1.807) is 0 Å². The third kappa shape index (κ3) is 2.21. The van der Waals surface area contributed by atoms with Gasteiger partial charge in [-0.3, -0.25) is 9.80 Å². The number of hydrogen-bond donors (Lipinski definition) is 0. The fourth-order valence-electron chi connectivity index (χ4n) is 2.84. The monoisotopic (exact) mass is 300 g/mol. The van der Waals surface area contributed by atoms with E-state index in [2.05, 4.69) is 37.2 Å². The van der Waals surface area contributed by atoms with Crippen molar-refractivity contribution < 1.29 is 0 Å². The van der Waals surface area contributed by atoms with Crippen LogP contribution in [-0.4, -0.2) is 42.0 Å². The molecule has 3 rings (SSSR count). The summed E-state index contributed by atoms with van der Waals surface area (Å²) >= 11 is 5.49. The lowest BCUT2D eigenvalue weighted by Gasteiger charge is -2.37. The second-order valence-electron chi connectivity index (χ2n) is 4.76. The Hall–Kier alpha value is 0.1000. The highest BCUT2D eigenvalue weighted by Gasteiger charge is 2.30. The lowest BCUT2D eigenvalue weighted by Crippen LogP contribution is -2.49. The Labute approximate surface area is 109 Å². The second kappa shape index (κ2) is 4.77. The molecule has 0 N–H and O–H groups in total. The summed E-state index contributed by atoms with van der Waals surface area (Å²) in [5, 5.41) is 2.17. The average Bonchev–Trinajstić information content (AvgIpc) is 2.88. The first kappa shape index (κ1) is 11.2. The van der Waals surface area contributed by atoms with Gasteiger partial charge in [-0.05, 0) is 46.8 Å².